The van der Waals surface area contributed by atoms with Crippen molar-refractivity contribution in [2.75, 3.05) is 31.7 Å². The monoisotopic (exact) mass is 313 g/mol. The Balaban J connectivity index is 1.55. The van der Waals surface area contributed by atoms with Gasteiger partial charge in [-0.2, -0.15) is 0 Å². The molecule has 0 radical (unpaired) electrons. The molecule has 1 N–H and O–H groups in total. The highest BCUT2D eigenvalue weighted by atomic mass is 16.6. The second-order valence-electron chi connectivity index (χ2n) is 5.67. The number of hydrogen-bond donors (Lipinski definition) is 1. The van der Waals surface area contributed by atoms with Gasteiger partial charge in [-0.15, -0.1) is 0 Å². The standard InChI is InChI=1S/C17H19N3O3/c1-2-4-16-12(3-1)7-14-15(10-23-16)19-11-20-17(14)18-8-13-9-21-5-6-22-13/h1-4,11,13H,5-10H2,(H,18,19,20). The predicted octanol–water partition coefficient (Wildman–Crippen LogP) is 1.79. The van der Waals surface area contributed by atoms with Crippen LogP contribution in [0.15, 0.2) is 30.6 Å². The summed E-state index contributed by atoms with van der Waals surface area (Å²) in [6.45, 7) is 3.08. The Morgan fingerprint density at radius 2 is 2.13 bits per heavy atom. The molecule has 1 saturated heterocycles. The van der Waals surface area contributed by atoms with Gasteiger partial charge in [0.1, 0.15) is 24.5 Å². The first-order valence-corrected chi connectivity index (χ1v) is 7.87. The van der Waals surface area contributed by atoms with E-state index < -0.39 is 0 Å². The minimum Gasteiger partial charge on any atom is -0.487 e. The van der Waals surface area contributed by atoms with Crippen LogP contribution in [0.2, 0.25) is 0 Å². The fraction of sp³-hybridized carbons (Fsp3) is 0.412. The molecule has 6 heteroatoms. The molecule has 0 spiro atoms. The number of aromatic nitrogens is 2. The molecule has 0 saturated carbocycles. The van der Waals surface area contributed by atoms with E-state index in [1.165, 1.54) is 0 Å². The first kappa shape index (κ1) is 14.4. The minimum absolute atomic E-state index is 0.0590. The van der Waals surface area contributed by atoms with E-state index in [0.717, 1.165) is 34.8 Å². The Labute approximate surface area is 134 Å². The quantitative estimate of drug-likeness (QED) is 0.932. The van der Waals surface area contributed by atoms with E-state index in [2.05, 4.69) is 21.4 Å². The summed E-state index contributed by atoms with van der Waals surface area (Å²) in [4.78, 5) is 8.80. The lowest BCUT2D eigenvalue weighted by atomic mass is 10.0. The molecular formula is C17H19N3O3. The summed E-state index contributed by atoms with van der Waals surface area (Å²) in [6, 6.07) is 8.09. The number of fused-ring (bicyclic) bond motifs is 2. The van der Waals surface area contributed by atoms with Crippen molar-refractivity contribution in [2.24, 2.45) is 0 Å². The van der Waals surface area contributed by atoms with Gasteiger partial charge in [0.05, 0.1) is 31.6 Å². The SMILES string of the molecule is c1ccc2c(c1)Cc1c(ncnc1NCC1COCCO1)CO2. The number of rotatable bonds is 3. The molecule has 2 aliphatic heterocycles. The molecule has 1 atom stereocenters. The van der Waals surface area contributed by atoms with Crippen molar-refractivity contribution in [2.45, 2.75) is 19.1 Å². The first-order valence-electron chi connectivity index (χ1n) is 7.87. The highest BCUT2D eigenvalue weighted by molar-refractivity contribution is 5.51. The molecule has 1 aromatic heterocycles. The third-order valence-corrected chi connectivity index (χ3v) is 4.12. The van der Waals surface area contributed by atoms with E-state index in [-0.39, 0.29) is 6.10 Å². The van der Waals surface area contributed by atoms with Crippen LogP contribution in [0.4, 0.5) is 5.82 Å². The molecule has 0 bridgehead atoms. The highest BCUT2D eigenvalue weighted by Crippen LogP contribution is 2.30. The number of nitrogens with one attached hydrogen (secondary N) is 1. The van der Waals surface area contributed by atoms with Crippen LogP contribution in [0.25, 0.3) is 0 Å². The molecular weight excluding hydrogens is 294 g/mol. The summed E-state index contributed by atoms with van der Waals surface area (Å²) in [7, 11) is 0. The van der Waals surface area contributed by atoms with Crippen LogP contribution in [-0.4, -0.2) is 42.4 Å². The van der Waals surface area contributed by atoms with Crippen molar-refractivity contribution in [1.29, 1.82) is 0 Å². The summed E-state index contributed by atoms with van der Waals surface area (Å²) < 4.78 is 17.0. The molecule has 1 fully saturated rings. The summed E-state index contributed by atoms with van der Waals surface area (Å²) in [5.41, 5.74) is 3.18. The van der Waals surface area contributed by atoms with E-state index in [4.69, 9.17) is 14.2 Å². The van der Waals surface area contributed by atoms with Gasteiger partial charge >= 0.3 is 0 Å². The first-order chi connectivity index (χ1) is 11.4. The maximum absolute atomic E-state index is 5.86. The molecule has 1 unspecified atom stereocenters. The average Bonchev–Trinajstić information content (AvgIpc) is 2.80. The molecule has 1 aromatic carbocycles. The molecule has 0 amide bonds. The number of ether oxygens (including phenoxy) is 3. The van der Waals surface area contributed by atoms with E-state index >= 15 is 0 Å². The van der Waals surface area contributed by atoms with Gasteiger partial charge in [-0.25, -0.2) is 9.97 Å². The summed E-state index contributed by atoms with van der Waals surface area (Å²) in [6.07, 6.45) is 2.40. The van der Waals surface area contributed by atoms with Crippen molar-refractivity contribution >= 4 is 5.82 Å². The third kappa shape index (κ3) is 3.13. The van der Waals surface area contributed by atoms with Crippen molar-refractivity contribution in [3.63, 3.8) is 0 Å². The lowest BCUT2D eigenvalue weighted by Crippen LogP contribution is -2.34. The number of anilines is 1. The van der Waals surface area contributed by atoms with Crippen molar-refractivity contribution < 1.29 is 14.2 Å². The van der Waals surface area contributed by atoms with Crippen molar-refractivity contribution in [3.8, 4) is 5.75 Å². The van der Waals surface area contributed by atoms with E-state index in [9.17, 15) is 0 Å². The second-order valence-corrected chi connectivity index (χ2v) is 5.67. The molecule has 2 aromatic rings. The molecule has 4 rings (SSSR count). The molecule has 3 heterocycles. The largest absolute Gasteiger partial charge is 0.487 e. The topological polar surface area (TPSA) is 65.5 Å². The molecule has 0 aliphatic carbocycles. The smallest absolute Gasteiger partial charge is 0.133 e. The maximum atomic E-state index is 5.86. The lowest BCUT2D eigenvalue weighted by molar-refractivity contribution is -0.0819. The summed E-state index contributed by atoms with van der Waals surface area (Å²) >= 11 is 0. The zero-order chi connectivity index (χ0) is 15.5. The van der Waals surface area contributed by atoms with Gasteiger partial charge in [-0.3, -0.25) is 0 Å². The van der Waals surface area contributed by atoms with E-state index in [1.807, 2.05) is 18.2 Å². The molecule has 6 nitrogen and oxygen atoms in total. The summed E-state index contributed by atoms with van der Waals surface area (Å²) in [5, 5.41) is 3.39. The van der Waals surface area contributed by atoms with Gasteiger partial charge in [0, 0.05) is 18.5 Å². The number of hydrogen-bond acceptors (Lipinski definition) is 6. The predicted molar refractivity (Wildman–Crippen MR) is 84.7 cm³/mol. The van der Waals surface area contributed by atoms with Crippen molar-refractivity contribution in [3.05, 3.63) is 47.4 Å². The van der Waals surface area contributed by atoms with Crippen LogP contribution in [0.1, 0.15) is 16.8 Å². The zero-order valence-electron chi connectivity index (χ0n) is 12.8. The second kappa shape index (κ2) is 6.52. The minimum atomic E-state index is 0.0590. The van der Waals surface area contributed by atoms with Gasteiger partial charge in [-0.05, 0) is 11.6 Å². The summed E-state index contributed by atoms with van der Waals surface area (Å²) in [5.74, 6) is 1.77. The van der Waals surface area contributed by atoms with Gasteiger partial charge in [0.2, 0.25) is 0 Å². The van der Waals surface area contributed by atoms with Gasteiger partial charge < -0.3 is 19.5 Å². The molecule has 23 heavy (non-hydrogen) atoms. The highest BCUT2D eigenvalue weighted by Gasteiger charge is 2.20. The zero-order valence-corrected chi connectivity index (χ0v) is 12.8. The lowest BCUT2D eigenvalue weighted by Gasteiger charge is -2.23. The number of para-hydroxylation sites is 1. The van der Waals surface area contributed by atoms with Crippen LogP contribution in [0, 0.1) is 0 Å². The Kier molecular flexibility index (Phi) is 4.08. The van der Waals surface area contributed by atoms with Crippen LogP contribution in [-0.2, 0) is 22.5 Å². The van der Waals surface area contributed by atoms with Crippen LogP contribution in [0.3, 0.4) is 0 Å². The van der Waals surface area contributed by atoms with Crippen LogP contribution < -0.4 is 10.1 Å². The fourth-order valence-corrected chi connectivity index (χ4v) is 2.90. The third-order valence-electron chi connectivity index (χ3n) is 4.12. The fourth-order valence-electron chi connectivity index (χ4n) is 2.90. The van der Waals surface area contributed by atoms with Gasteiger partial charge in [-0.1, -0.05) is 18.2 Å². The maximum Gasteiger partial charge on any atom is 0.133 e. The van der Waals surface area contributed by atoms with Crippen LogP contribution in [0.5, 0.6) is 5.75 Å². The van der Waals surface area contributed by atoms with Gasteiger partial charge in [0.15, 0.2) is 0 Å². The normalized spacial score (nSPS) is 19.9. The number of benzene rings is 1. The Morgan fingerprint density at radius 1 is 1.17 bits per heavy atom. The van der Waals surface area contributed by atoms with E-state index in [1.54, 1.807) is 6.33 Å². The molecule has 120 valence electrons. The molecule has 2 aliphatic rings. The average molecular weight is 313 g/mol. The Hall–Kier alpha value is -2.18. The van der Waals surface area contributed by atoms with Gasteiger partial charge in [0.25, 0.3) is 0 Å². The van der Waals surface area contributed by atoms with Crippen molar-refractivity contribution in [1.82, 2.24) is 9.97 Å². The number of nitrogens with zero attached hydrogens (tertiary/aromatic N) is 2. The Bertz CT molecular complexity index is 687. The van der Waals surface area contributed by atoms with E-state index in [0.29, 0.717) is 33.0 Å². The van der Waals surface area contributed by atoms with Crippen LogP contribution >= 0.6 is 0 Å². The Morgan fingerprint density at radius 3 is 3.04 bits per heavy atom.